The first-order chi connectivity index (χ1) is 13.8. The molecular formula is C24H40N4+2. The van der Waals surface area contributed by atoms with Crippen molar-refractivity contribution in [1.82, 2.24) is 0 Å². The molecule has 0 aliphatic rings. The van der Waals surface area contributed by atoms with Crippen molar-refractivity contribution in [3.63, 3.8) is 0 Å². The van der Waals surface area contributed by atoms with Gasteiger partial charge in [0.05, 0.1) is 0 Å². The van der Waals surface area contributed by atoms with Crippen molar-refractivity contribution in [3.8, 4) is 0 Å². The van der Waals surface area contributed by atoms with Crippen LogP contribution >= 0.6 is 0 Å². The highest BCUT2D eigenvalue weighted by molar-refractivity contribution is 5.06. The monoisotopic (exact) mass is 384 g/mol. The normalized spacial score (nSPS) is 11.1. The minimum atomic E-state index is 0.628. The van der Waals surface area contributed by atoms with E-state index in [-0.39, 0.29) is 0 Å². The zero-order chi connectivity index (χ0) is 19.9. The van der Waals surface area contributed by atoms with Crippen LogP contribution in [0.15, 0.2) is 49.1 Å². The van der Waals surface area contributed by atoms with E-state index in [2.05, 4.69) is 58.2 Å². The highest BCUT2D eigenvalue weighted by Crippen LogP contribution is 2.10. The molecule has 0 saturated carbocycles. The van der Waals surface area contributed by atoms with Crippen LogP contribution in [0.4, 0.5) is 0 Å². The molecule has 0 atom stereocenters. The Morgan fingerprint density at radius 2 is 0.750 bits per heavy atom. The molecule has 0 radical (unpaired) electrons. The molecule has 2 rings (SSSR count). The van der Waals surface area contributed by atoms with Gasteiger partial charge in [0.2, 0.25) is 0 Å². The van der Waals surface area contributed by atoms with Crippen LogP contribution in [0, 0.1) is 0 Å². The Balaban J connectivity index is 1.36. The SMILES string of the molecule is NCc1cc[n+](CCCCCCCCCCCC[n+]2ccc(CN)cc2)cc1. The average Bonchev–Trinajstić information content (AvgIpc) is 2.75. The van der Waals surface area contributed by atoms with Gasteiger partial charge in [-0.15, -0.1) is 0 Å². The summed E-state index contributed by atoms with van der Waals surface area (Å²) in [6, 6.07) is 8.48. The molecule has 0 aliphatic carbocycles. The van der Waals surface area contributed by atoms with E-state index in [1.54, 1.807) is 0 Å². The Morgan fingerprint density at radius 1 is 0.464 bits per heavy atom. The van der Waals surface area contributed by atoms with Crippen LogP contribution < -0.4 is 20.6 Å². The Kier molecular flexibility index (Phi) is 11.5. The summed E-state index contributed by atoms with van der Waals surface area (Å²) < 4.78 is 4.54. The molecule has 0 bridgehead atoms. The highest BCUT2D eigenvalue weighted by atomic mass is 14.9. The first-order valence-corrected chi connectivity index (χ1v) is 11.2. The third-order valence-corrected chi connectivity index (χ3v) is 5.47. The molecule has 0 aromatic carbocycles. The fraction of sp³-hybridized carbons (Fsp3) is 0.583. The van der Waals surface area contributed by atoms with Crippen molar-refractivity contribution < 1.29 is 9.13 Å². The molecule has 4 heteroatoms. The lowest BCUT2D eigenvalue weighted by atomic mass is 10.1. The van der Waals surface area contributed by atoms with Gasteiger partial charge < -0.3 is 11.5 Å². The van der Waals surface area contributed by atoms with Gasteiger partial charge in [-0.25, -0.2) is 9.13 Å². The summed E-state index contributed by atoms with van der Waals surface area (Å²) in [4.78, 5) is 0. The number of hydrogen-bond acceptors (Lipinski definition) is 2. The van der Waals surface area contributed by atoms with E-state index in [0.717, 1.165) is 13.1 Å². The largest absolute Gasteiger partial charge is 0.326 e. The maximum absolute atomic E-state index is 5.63. The summed E-state index contributed by atoms with van der Waals surface area (Å²) in [5.74, 6) is 0. The fourth-order valence-corrected chi connectivity index (χ4v) is 3.55. The van der Waals surface area contributed by atoms with E-state index in [1.165, 1.54) is 75.3 Å². The van der Waals surface area contributed by atoms with E-state index in [4.69, 9.17) is 11.5 Å². The second-order valence-electron chi connectivity index (χ2n) is 7.83. The smallest absolute Gasteiger partial charge is 0.169 e. The van der Waals surface area contributed by atoms with Gasteiger partial charge in [0.15, 0.2) is 24.8 Å². The lowest BCUT2D eigenvalue weighted by Crippen LogP contribution is -2.32. The first-order valence-electron chi connectivity index (χ1n) is 11.2. The summed E-state index contributed by atoms with van der Waals surface area (Å²) in [7, 11) is 0. The van der Waals surface area contributed by atoms with Crippen molar-refractivity contribution in [1.29, 1.82) is 0 Å². The molecule has 4 nitrogen and oxygen atoms in total. The molecule has 2 aromatic rings. The molecule has 0 aliphatic heterocycles. The lowest BCUT2D eigenvalue weighted by Gasteiger charge is -2.02. The van der Waals surface area contributed by atoms with Gasteiger partial charge in [-0.2, -0.15) is 0 Å². The number of aryl methyl sites for hydroxylation is 2. The summed E-state index contributed by atoms with van der Waals surface area (Å²) in [5.41, 5.74) is 13.7. The van der Waals surface area contributed by atoms with E-state index in [1.807, 2.05) is 0 Å². The van der Waals surface area contributed by atoms with E-state index >= 15 is 0 Å². The maximum Gasteiger partial charge on any atom is 0.169 e. The molecule has 0 fully saturated rings. The Bertz CT molecular complexity index is 565. The number of rotatable bonds is 15. The highest BCUT2D eigenvalue weighted by Gasteiger charge is 2.01. The fourth-order valence-electron chi connectivity index (χ4n) is 3.55. The van der Waals surface area contributed by atoms with Gasteiger partial charge >= 0.3 is 0 Å². The van der Waals surface area contributed by atoms with Crippen LogP contribution in [0.25, 0.3) is 0 Å². The van der Waals surface area contributed by atoms with Crippen molar-refractivity contribution >= 4 is 0 Å². The second kappa shape index (κ2) is 14.3. The van der Waals surface area contributed by atoms with Crippen molar-refractivity contribution in [2.45, 2.75) is 90.4 Å². The zero-order valence-corrected chi connectivity index (χ0v) is 17.6. The van der Waals surface area contributed by atoms with Crippen LogP contribution in [0.3, 0.4) is 0 Å². The predicted octanol–water partition coefficient (Wildman–Crippen LogP) is 3.78. The van der Waals surface area contributed by atoms with Crippen LogP contribution in [-0.2, 0) is 26.2 Å². The number of nitrogens with two attached hydrogens (primary N) is 2. The van der Waals surface area contributed by atoms with Gasteiger partial charge in [0.1, 0.15) is 13.1 Å². The zero-order valence-electron chi connectivity index (χ0n) is 17.6. The van der Waals surface area contributed by atoms with Crippen molar-refractivity contribution in [3.05, 3.63) is 60.2 Å². The van der Waals surface area contributed by atoms with E-state index in [9.17, 15) is 0 Å². The number of aromatic nitrogens is 2. The topological polar surface area (TPSA) is 59.8 Å². The lowest BCUT2D eigenvalue weighted by molar-refractivity contribution is -0.697. The van der Waals surface area contributed by atoms with E-state index in [0.29, 0.717) is 13.1 Å². The van der Waals surface area contributed by atoms with Gasteiger partial charge in [-0.05, 0) is 24.0 Å². The van der Waals surface area contributed by atoms with Crippen molar-refractivity contribution in [2.24, 2.45) is 11.5 Å². The quantitative estimate of drug-likeness (QED) is 0.363. The van der Waals surface area contributed by atoms with Crippen LogP contribution in [-0.4, -0.2) is 0 Å². The molecule has 4 N–H and O–H groups in total. The van der Waals surface area contributed by atoms with E-state index < -0.39 is 0 Å². The van der Waals surface area contributed by atoms with Gasteiger partial charge in [0, 0.05) is 50.2 Å². The third kappa shape index (κ3) is 9.43. The number of nitrogens with zero attached hydrogens (tertiary/aromatic N) is 2. The summed E-state index contributed by atoms with van der Waals surface area (Å²) in [5, 5.41) is 0. The second-order valence-corrected chi connectivity index (χ2v) is 7.83. The minimum Gasteiger partial charge on any atom is -0.326 e. The molecule has 154 valence electrons. The Labute approximate surface area is 171 Å². The van der Waals surface area contributed by atoms with Gasteiger partial charge in [-0.1, -0.05) is 38.5 Å². The first kappa shape index (κ1) is 22.5. The summed E-state index contributed by atoms with van der Waals surface area (Å²) in [6.07, 6.45) is 22.1. The molecule has 0 saturated heterocycles. The van der Waals surface area contributed by atoms with Crippen LogP contribution in [0.2, 0.25) is 0 Å². The molecule has 2 heterocycles. The van der Waals surface area contributed by atoms with Crippen LogP contribution in [0.5, 0.6) is 0 Å². The van der Waals surface area contributed by atoms with Crippen molar-refractivity contribution in [2.75, 3.05) is 0 Å². The minimum absolute atomic E-state index is 0.628. The number of hydrogen-bond donors (Lipinski definition) is 2. The maximum atomic E-state index is 5.63. The van der Waals surface area contributed by atoms with Gasteiger partial charge in [0.25, 0.3) is 0 Å². The number of unbranched alkanes of at least 4 members (excludes halogenated alkanes) is 9. The Hall–Kier alpha value is -1.78. The average molecular weight is 385 g/mol. The van der Waals surface area contributed by atoms with Gasteiger partial charge in [-0.3, -0.25) is 0 Å². The number of pyridine rings is 2. The molecule has 0 unspecified atom stereocenters. The molecule has 2 aromatic heterocycles. The molecule has 0 spiro atoms. The molecular weight excluding hydrogens is 344 g/mol. The van der Waals surface area contributed by atoms with Crippen LogP contribution in [0.1, 0.15) is 75.3 Å². The summed E-state index contributed by atoms with van der Waals surface area (Å²) in [6.45, 7) is 3.50. The third-order valence-electron chi connectivity index (χ3n) is 5.47. The predicted molar refractivity (Wildman–Crippen MR) is 115 cm³/mol. The summed E-state index contributed by atoms with van der Waals surface area (Å²) >= 11 is 0. The Morgan fingerprint density at radius 3 is 1.04 bits per heavy atom. The molecule has 28 heavy (non-hydrogen) atoms. The molecule has 0 amide bonds. The standard InChI is InChI=1S/C24H40N4/c25-21-23-11-17-27(18-12-23)15-9-7-5-3-1-2-4-6-8-10-16-28-19-13-24(22-26)14-20-28/h11-14,17-20H,1-10,15-16,21-22,25-26H2/q+2.